The number of hydrogen-bond acceptors (Lipinski definition) is 2. The van der Waals surface area contributed by atoms with Crippen LogP contribution in [0.4, 0.5) is 0 Å². The summed E-state index contributed by atoms with van der Waals surface area (Å²) in [6, 6.07) is 1.33. The summed E-state index contributed by atoms with van der Waals surface area (Å²) >= 11 is 0. The van der Waals surface area contributed by atoms with Crippen molar-refractivity contribution in [1.82, 2.24) is 9.80 Å². The Balaban J connectivity index is 1.59. The van der Waals surface area contributed by atoms with Crippen LogP contribution in [0.25, 0.3) is 0 Å². The lowest BCUT2D eigenvalue weighted by molar-refractivity contribution is -0.156. The summed E-state index contributed by atoms with van der Waals surface area (Å²) in [5, 5.41) is 0. The Labute approximate surface area is 128 Å². The summed E-state index contributed by atoms with van der Waals surface area (Å²) in [5.41, 5.74) is 0. The molecule has 4 fully saturated rings. The Kier molecular flexibility index (Phi) is 3.56. The van der Waals surface area contributed by atoms with Crippen LogP contribution in [0.5, 0.6) is 0 Å². The summed E-state index contributed by atoms with van der Waals surface area (Å²) in [6.45, 7) is 7.47. The Morgan fingerprint density at radius 2 is 1.95 bits per heavy atom. The first-order valence-electron chi connectivity index (χ1n) is 8.95. The molecule has 0 aliphatic carbocycles. The quantitative estimate of drug-likeness (QED) is 0.729. The molecule has 0 bridgehead atoms. The molecule has 4 saturated heterocycles. The third kappa shape index (κ3) is 2.16. The van der Waals surface area contributed by atoms with Crippen molar-refractivity contribution in [3.05, 3.63) is 12.7 Å². The minimum atomic E-state index is 0.221. The molecule has 0 radical (unpaired) electrons. The van der Waals surface area contributed by atoms with Crippen molar-refractivity contribution in [2.45, 2.75) is 57.0 Å². The van der Waals surface area contributed by atoms with E-state index in [1.165, 1.54) is 45.2 Å². The average Bonchev–Trinajstić information content (AvgIpc) is 2.51. The molecule has 5 atom stereocenters. The fourth-order valence-electron chi connectivity index (χ4n) is 5.77. The van der Waals surface area contributed by atoms with Gasteiger partial charge in [0, 0.05) is 24.5 Å². The van der Waals surface area contributed by atoms with E-state index in [4.69, 9.17) is 0 Å². The number of fused-ring (bicyclic) bond motifs is 2. The van der Waals surface area contributed by atoms with Gasteiger partial charge in [0.2, 0.25) is 5.91 Å². The van der Waals surface area contributed by atoms with E-state index in [1.807, 2.05) is 6.08 Å². The molecule has 0 aromatic rings. The number of amides is 1. The molecule has 4 aliphatic heterocycles. The maximum absolute atomic E-state index is 12.8. The normalized spacial score (nSPS) is 43.1. The van der Waals surface area contributed by atoms with Gasteiger partial charge in [0.05, 0.1) is 0 Å². The molecule has 1 amide bonds. The molecule has 3 heteroatoms. The first-order valence-corrected chi connectivity index (χ1v) is 8.95. The van der Waals surface area contributed by atoms with Crippen LogP contribution in [0, 0.1) is 17.8 Å². The smallest absolute Gasteiger partial charge is 0.226 e. The molecular formula is C18H28N2O. The number of allylic oxidation sites excluding steroid dienone is 1. The molecule has 0 aromatic heterocycles. The third-order valence-corrected chi connectivity index (χ3v) is 6.57. The third-order valence-electron chi connectivity index (χ3n) is 6.57. The van der Waals surface area contributed by atoms with Crippen LogP contribution in [-0.4, -0.2) is 47.4 Å². The van der Waals surface area contributed by atoms with Gasteiger partial charge in [-0.1, -0.05) is 6.08 Å². The van der Waals surface area contributed by atoms with Crippen LogP contribution in [0.3, 0.4) is 0 Å². The van der Waals surface area contributed by atoms with Crippen LogP contribution >= 0.6 is 0 Å². The van der Waals surface area contributed by atoms with Gasteiger partial charge >= 0.3 is 0 Å². The van der Waals surface area contributed by atoms with E-state index in [9.17, 15) is 4.79 Å². The van der Waals surface area contributed by atoms with Gasteiger partial charge in [-0.3, -0.25) is 9.69 Å². The molecule has 3 nitrogen and oxygen atoms in total. The van der Waals surface area contributed by atoms with E-state index in [1.54, 1.807) is 0 Å². The summed E-state index contributed by atoms with van der Waals surface area (Å²) in [5.74, 6) is 2.16. The van der Waals surface area contributed by atoms with Gasteiger partial charge in [0.25, 0.3) is 0 Å². The van der Waals surface area contributed by atoms with E-state index >= 15 is 0 Å². The highest BCUT2D eigenvalue weighted by atomic mass is 16.2. The maximum atomic E-state index is 12.8. The zero-order valence-electron chi connectivity index (χ0n) is 13.0. The Morgan fingerprint density at radius 1 is 1.14 bits per heavy atom. The Hall–Kier alpha value is -0.830. The summed E-state index contributed by atoms with van der Waals surface area (Å²) in [7, 11) is 0. The molecule has 21 heavy (non-hydrogen) atoms. The van der Waals surface area contributed by atoms with Crippen molar-refractivity contribution in [3.63, 3.8) is 0 Å². The molecule has 116 valence electrons. The van der Waals surface area contributed by atoms with Crippen molar-refractivity contribution in [2.24, 2.45) is 17.8 Å². The van der Waals surface area contributed by atoms with Crippen LogP contribution in [-0.2, 0) is 4.79 Å². The summed E-state index contributed by atoms with van der Waals surface area (Å²) in [6.07, 6.45) is 10.5. The average molecular weight is 288 g/mol. The minimum absolute atomic E-state index is 0.221. The van der Waals surface area contributed by atoms with Gasteiger partial charge in [0.1, 0.15) is 0 Å². The zero-order chi connectivity index (χ0) is 14.4. The van der Waals surface area contributed by atoms with Gasteiger partial charge in [-0.2, -0.15) is 0 Å². The first kappa shape index (κ1) is 13.8. The largest absolute Gasteiger partial charge is 0.339 e. The number of carbonyl (C=O) groups excluding carboxylic acids is 1. The molecule has 4 heterocycles. The van der Waals surface area contributed by atoms with E-state index in [0.717, 1.165) is 37.3 Å². The maximum Gasteiger partial charge on any atom is 0.226 e. The fraction of sp³-hybridized carbons (Fsp3) is 0.833. The van der Waals surface area contributed by atoms with Crippen LogP contribution in [0.15, 0.2) is 12.7 Å². The predicted molar refractivity (Wildman–Crippen MR) is 83.8 cm³/mol. The van der Waals surface area contributed by atoms with Crippen molar-refractivity contribution >= 4 is 5.91 Å². The second-order valence-electron chi connectivity index (χ2n) is 7.59. The van der Waals surface area contributed by atoms with Crippen LogP contribution < -0.4 is 0 Å². The highest BCUT2D eigenvalue weighted by Crippen LogP contribution is 2.45. The minimum Gasteiger partial charge on any atom is -0.339 e. The number of rotatable bonds is 2. The van der Waals surface area contributed by atoms with E-state index in [0.29, 0.717) is 11.9 Å². The fourth-order valence-corrected chi connectivity index (χ4v) is 5.77. The van der Waals surface area contributed by atoms with Gasteiger partial charge in [-0.05, 0) is 69.9 Å². The number of nitrogens with zero attached hydrogens (tertiary/aromatic N) is 2. The van der Waals surface area contributed by atoms with E-state index in [2.05, 4.69) is 16.4 Å². The van der Waals surface area contributed by atoms with Gasteiger partial charge in [0.15, 0.2) is 0 Å². The van der Waals surface area contributed by atoms with Crippen molar-refractivity contribution in [1.29, 1.82) is 0 Å². The lowest BCUT2D eigenvalue weighted by Gasteiger charge is -2.59. The Bertz CT molecular complexity index is 433. The first-order chi connectivity index (χ1) is 10.3. The monoisotopic (exact) mass is 288 g/mol. The highest BCUT2D eigenvalue weighted by molar-refractivity contribution is 5.80. The number of piperidine rings is 4. The lowest BCUT2D eigenvalue weighted by atomic mass is 9.67. The van der Waals surface area contributed by atoms with E-state index in [-0.39, 0.29) is 5.92 Å². The topological polar surface area (TPSA) is 23.6 Å². The molecule has 1 unspecified atom stereocenters. The summed E-state index contributed by atoms with van der Waals surface area (Å²) in [4.78, 5) is 17.9. The number of hydrogen-bond donors (Lipinski definition) is 0. The predicted octanol–water partition coefficient (Wildman–Crippen LogP) is 2.67. The number of carbonyl (C=O) groups is 1. The van der Waals surface area contributed by atoms with Crippen molar-refractivity contribution in [2.75, 3.05) is 19.6 Å². The molecule has 0 spiro atoms. The second-order valence-corrected chi connectivity index (χ2v) is 7.59. The SMILES string of the molecule is C=CCC1CC[C@@H]2[C@H]3CCCN4CCC[C@@H](CN2C1=O)[C@@H]34. The zero-order valence-corrected chi connectivity index (χ0v) is 13.0. The summed E-state index contributed by atoms with van der Waals surface area (Å²) < 4.78 is 0. The Morgan fingerprint density at radius 3 is 2.76 bits per heavy atom. The molecule has 4 rings (SSSR count). The van der Waals surface area contributed by atoms with Crippen molar-refractivity contribution in [3.8, 4) is 0 Å². The van der Waals surface area contributed by atoms with Gasteiger partial charge < -0.3 is 4.90 Å². The molecular weight excluding hydrogens is 260 g/mol. The van der Waals surface area contributed by atoms with Gasteiger partial charge in [-0.15, -0.1) is 6.58 Å². The van der Waals surface area contributed by atoms with Gasteiger partial charge in [-0.25, -0.2) is 0 Å². The molecule has 4 aliphatic rings. The van der Waals surface area contributed by atoms with Crippen LogP contribution in [0.2, 0.25) is 0 Å². The molecule has 0 N–H and O–H groups in total. The van der Waals surface area contributed by atoms with Crippen molar-refractivity contribution < 1.29 is 4.79 Å². The van der Waals surface area contributed by atoms with Crippen LogP contribution in [0.1, 0.15) is 44.9 Å². The standard InChI is InChI=1S/C18H28N2O/c1-2-5-13-8-9-16-15-7-4-11-19-10-3-6-14(17(15)19)12-20(16)18(13)21/h2,13-17H,1,3-12H2/t13?,14-,15+,16+,17-/m0/s1. The lowest BCUT2D eigenvalue weighted by Crippen LogP contribution is -2.67. The molecule has 0 aromatic carbocycles. The van der Waals surface area contributed by atoms with E-state index < -0.39 is 0 Å². The highest BCUT2D eigenvalue weighted by Gasteiger charge is 2.51. The molecule has 0 saturated carbocycles. The second kappa shape index (κ2) is 5.42.